The molecule has 1 aromatic rings. The van der Waals surface area contributed by atoms with Crippen LogP contribution in [0.5, 0.6) is 0 Å². The van der Waals surface area contributed by atoms with Crippen LogP contribution in [0.15, 0.2) is 22.7 Å². The number of thiocarbonyl (C=S) groups is 1. The molecular weight excluding hydrogens is 355 g/mol. The fourth-order valence-electron chi connectivity index (χ4n) is 2.78. The first-order chi connectivity index (χ1) is 9.99. The monoisotopic (exact) mass is 372 g/mol. The van der Waals surface area contributed by atoms with Crippen LogP contribution in [0, 0.1) is 11.7 Å². The molecule has 1 amide bonds. The van der Waals surface area contributed by atoms with E-state index < -0.39 is 11.7 Å². The van der Waals surface area contributed by atoms with Gasteiger partial charge in [0.15, 0.2) is 0 Å². The third-order valence-corrected chi connectivity index (χ3v) is 4.63. The van der Waals surface area contributed by atoms with Crippen LogP contribution in [0.3, 0.4) is 0 Å². The number of nitrogens with one attached hydrogen (secondary N) is 1. The van der Waals surface area contributed by atoms with E-state index in [4.69, 9.17) is 18.0 Å². The van der Waals surface area contributed by atoms with Crippen molar-refractivity contribution in [1.82, 2.24) is 5.32 Å². The summed E-state index contributed by atoms with van der Waals surface area (Å²) in [6.07, 6.45) is 5.41. The zero-order valence-corrected chi connectivity index (χ0v) is 14.0. The van der Waals surface area contributed by atoms with Crippen LogP contribution in [0.1, 0.15) is 42.5 Å². The van der Waals surface area contributed by atoms with Crippen LogP contribution < -0.4 is 11.1 Å². The fourth-order valence-corrected chi connectivity index (χ4v) is 3.39. The molecule has 0 spiro atoms. The zero-order valence-electron chi connectivity index (χ0n) is 11.6. The van der Waals surface area contributed by atoms with Crippen molar-refractivity contribution in [3.63, 3.8) is 0 Å². The molecule has 21 heavy (non-hydrogen) atoms. The quantitative estimate of drug-likeness (QED) is 0.794. The van der Waals surface area contributed by atoms with Gasteiger partial charge in [-0.25, -0.2) is 4.39 Å². The van der Waals surface area contributed by atoms with E-state index in [-0.39, 0.29) is 22.5 Å². The summed E-state index contributed by atoms with van der Waals surface area (Å²) >= 11 is 8.32. The van der Waals surface area contributed by atoms with E-state index >= 15 is 0 Å². The average Bonchev–Trinajstić information content (AvgIpc) is 2.47. The first-order valence-electron chi connectivity index (χ1n) is 7.04. The molecule has 1 fully saturated rings. The predicted octanol–water partition coefficient (Wildman–Crippen LogP) is 3.55. The Bertz CT molecular complexity index is 546. The lowest BCUT2D eigenvalue weighted by Crippen LogP contribution is -2.49. The summed E-state index contributed by atoms with van der Waals surface area (Å²) in [5.41, 5.74) is 5.78. The molecular formula is C15H18BrFN2OS. The van der Waals surface area contributed by atoms with Gasteiger partial charge in [-0.15, -0.1) is 0 Å². The Kier molecular flexibility index (Phi) is 5.70. The summed E-state index contributed by atoms with van der Waals surface area (Å²) in [5, 5.41) is 2.80. The Balaban J connectivity index is 2.14. The topological polar surface area (TPSA) is 55.1 Å². The van der Waals surface area contributed by atoms with Crippen LogP contribution in [-0.4, -0.2) is 16.9 Å². The summed E-state index contributed by atoms with van der Waals surface area (Å²) in [4.78, 5) is 12.6. The van der Waals surface area contributed by atoms with Crippen molar-refractivity contribution in [2.75, 3.05) is 0 Å². The van der Waals surface area contributed by atoms with Crippen molar-refractivity contribution in [1.29, 1.82) is 0 Å². The molecule has 0 aromatic heterocycles. The minimum atomic E-state index is -0.555. The van der Waals surface area contributed by atoms with Crippen molar-refractivity contribution < 1.29 is 9.18 Å². The van der Waals surface area contributed by atoms with Gasteiger partial charge < -0.3 is 11.1 Å². The maximum absolute atomic E-state index is 13.8. The molecule has 1 aromatic carbocycles. The number of carbonyl (C=O) groups is 1. The molecule has 3 N–H and O–H groups in total. The molecule has 1 unspecified atom stereocenters. The van der Waals surface area contributed by atoms with E-state index in [1.165, 1.54) is 18.6 Å². The van der Waals surface area contributed by atoms with E-state index in [1.54, 1.807) is 6.07 Å². The van der Waals surface area contributed by atoms with Gasteiger partial charge in [-0.3, -0.25) is 4.79 Å². The van der Waals surface area contributed by atoms with Crippen molar-refractivity contribution >= 4 is 39.0 Å². The van der Waals surface area contributed by atoms with E-state index in [1.807, 2.05) is 0 Å². The van der Waals surface area contributed by atoms with Gasteiger partial charge in [-0.1, -0.05) is 47.4 Å². The highest BCUT2D eigenvalue weighted by atomic mass is 79.9. The third-order valence-electron chi connectivity index (χ3n) is 3.89. The highest BCUT2D eigenvalue weighted by molar-refractivity contribution is 9.10. The molecule has 0 aliphatic heterocycles. The fraction of sp³-hybridized carbons (Fsp3) is 0.467. The summed E-state index contributed by atoms with van der Waals surface area (Å²) in [5.74, 6) is -0.784. The lowest BCUT2D eigenvalue weighted by Gasteiger charge is -2.30. The Morgan fingerprint density at radius 1 is 1.38 bits per heavy atom. The highest BCUT2D eigenvalue weighted by Gasteiger charge is 2.28. The number of rotatable bonds is 4. The number of carbonyl (C=O) groups excluding carboxylic acids is 1. The normalized spacial score (nSPS) is 17.2. The lowest BCUT2D eigenvalue weighted by atomic mass is 9.83. The maximum Gasteiger partial charge on any atom is 0.254 e. The highest BCUT2D eigenvalue weighted by Crippen LogP contribution is 2.27. The first kappa shape index (κ1) is 16.4. The minimum absolute atomic E-state index is 0.00133. The molecule has 0 radical (unpaired) electrons. The standard InChI is InChI=1S/C15H18BrFN2OS/c16-10-6-7-12(17)11(8-10)15(20)19-13(14(18)21)9-4-2-1-3-5-9/h6-9,13H,1-5H2,(H2,18,21)(H,19,20). The van der Waals surface area contributed by atoms with Crippen LogP contribution in [0.2, 0.25) is 0 Å². The van der Waals surface area contributed by atoms with Crippen LogP contribution in [-0.2, 0) is 0 Å². The molecule has 1 atom stereocenters. The molecule has 6 heteroatoms. The van der Waals surface area contributed by atoms with Crippen LogP contribution >= 0.6 is 28.1 Å². The molecule has 0 bridgehead atoms. The van der Waals surface area contributed by atoms with E-state index in [2.05, 4.69) is 21.2 Å². The Hall–Kier alpha value is -1.01. The second-order valence-electron chi connectivity index (χ2n) is 5.38. The number of halogens is 2. The van der Waals surface area contributed by atoms with Crippen molar-refractivity contribution in [3.8, 4) is 0 Å². The average molecular weight is 373 g/mol. The van der Waals surface area contributed by atoms with Gasteiger partial charge in [-0.05, 0) is 37.0 Å². The van der Waals surface area contributed by atoms with Crippen molar-refractivity contribution in [3.05, 3.63) is 34.1 Å². The van der Waals surface area contributed by atoms with Gasteiger partial charge in [0.2, 0.25) is 0 Å². The summed E-state index contributed by atoms with van der Waals surface area (Å²) < 4.78 is 14.4. The minimum Gasteiger partial charge on any atom is -0.392 e. The van der Waals surface area contributed by atoms with Crippen LogP contribution in [0.25, 0.3) is 0 Å². The molecule has 114 valence electrons. The molecule has 1 saturated carbocycles. The Morgan fingerprint density at radius 2 is 2.05 bits per heavy atom. The lowest BCUT2D eigenvalue weighted by molar-refractivity contribution is 0.0927. The van der Waals surface area contributed by atoms with E-state index in [9.17, 15) is 9.18 Å². The predicted molar refractivity (Wildman–Crippen MR) is 88.7 cm³/mol. The SMILES string of the molecule is NC(=S)C(NC(=O)c1cc(Br)ccc1F)C1CCCCC1. The van der Waals surface area contributed by atoms with E-state index in [0.29, 0.717) is 4.47 Å². The van der Waals surface area contributed by atoms with Gasteiger partial charge >= 0.3 is 0 Å². The molecule has 0 saturated heterocycles. The Morgan fingerprint density at radius 3 is 2.67 bits per heavy atom. The number of hydrogen-bond acceptors (Lipinski definition) is 2. The second-order valence-corrected chi connectivity index (χ2v) is 6.76. The third kappa shape index (κ3) is 4.23. The number of nitrogens with two attached hydrogens (primary N) is 1. The maximum atomic E-state index is 13.8. The number of hydrogen-bond donors (Lipinski definition) is 2. The molecule has 3 nitrogen and oxygen atoms in total. The summed E-state index contributed by atoms with van der Waals surface area (Å²) in [7, 11) is 0. The number of amides is 1. The largest absolute Gasteiger partial charge is 0.392 e. The zero-order chi connectivity index (χ0) is 15.4. The van der Waals surface area contributed by atoms with Gasteiger partial charge in [0.05, 0.1) is 16.6 Å². The van der Waals surface area contributed by atoms with Gasteiger partial charge in [0.25, 0.3) is 5.91 Å². The first-order valence-corrected chi connectivity index (χ1v) is 8.24. The summed E-state index contributed by atoms with van der Waals surface area (Å²) in [6, 6.07) is 3.90. The van der Waals surface area contributed by atoms with E-state index in [0.717, 1.165) is 25.7 Å². The van der Waals surface area contributed by atoms with Gasteiger partial charge in [0, 0.05) is 4.47 Å². The Labute approximate surface area is 137 Å². The number of benzene rings is 1. The van der Waals surface area contributed by atoms with Crippen molar-refractivity contribution in [2.45, 2.75) is 38.1 Å². The smallest absolute Gasteiger partial charge is 0.254 e. The second kappa shape index (κ2) is 7.31. The van der Waals surface area contributed by atoms with Gasteiger partial charge in [0.1, 0.15) is 5.82 Å². The van der Waals surface area contributed by atoms with Crippen molar-refractivity contribution in [2.24, 2.45) is 11.7 Å². The van der Waals surface area contributed by atoms with Crippen LogP contribution in [0.4, 0.5) is 4.39 Å². The molecule has 1 aliphatic rings. The summed E-state index contributed by atoms with van der Waals surface area (Å²) in [6.45, 7) is 0. The molecule has 0 heterocycles. The molecule has 1 aliphatic carbocycles. The molecule has 2 rings (SSSR count). The van der Waals surface area contributed by atoms with Gasteiger partial charge in [-0.2, -0.15) is 0 Å².